The van der Waals surface area contributed by atoms with E-state index in [0.29, 0.717) is 57.3 Å². The number of aromatic nitrogens is 1. The van der Waals surface area contributed by atoms with E-state index in [9.17, 15) is 23.1 Å². The molecule has 1 aliphatic rings. The van der Waals surface area contributed by atoms with Gasteiger partial charge < -0.3 is 9.84 Å². The van der Waals surface area contributed by atoms with Crippen LogP contribution in [-0.2, 0) is 12.8 Å². The Morgan fingerprint density at radius 3 is 2.50 bits per heavy atom. The van der Waals surface area contributed by atoms with Gasteiger partial charge in [0.2, 0.25) is 0 Å². The molecule has 1 aromatic heterocycles. The summed E-state index contributed by atoms with van der Waals surface area (Å²) in [4.78, 5) is 15.5. The normalized spacial score (nSPS) is 13.9. The summed E-state index contributed by atoms with van der Waals surface area (Å²) in [6.45, 7) is 0.0315. The van der Waals surface area contributed by atoms with Crippen LogP contribution in [0.15, 0.2) is 54.6 Å². The Balaban J connectivity index is 1.78. The summed E-state index contributed by atoms with van der Waals surface area (Å²) in [5, 5.41) is 10.1. The maximum Gasteiger partial charge on any atom is 0.416 e. The van der Waals surface area contributed by atoms with Crippen molar-refractivity contribution in [2.75, 3.05) is 0 Å². The van der Waals surface area contributed by atoms with Crippen molar-refractivity contribution < 1.29 is 27.8 Å². The minimum Gasteiger partial charge on any atom is -0.488 e. The first kappa shape index (κ1) is 24.1. The maximum absolute atomic E-state index is 13.5. The standard InChI is InChI=1S/C25H18Cl2F3NO3/c26-16-9-7-14(20(27)12-16)13-34-23-10-8-15(25(28,29)30)11-19(23)17-3-1-4-18(17)21-5-2-6-22(31-21)24(32)33/h2,5-12H,1,3-4,13H2,(H,32,33). The third-order valence-electron chi connectivity index (χ3n) is 5.53. The molecule has 0 radical (unpaired) electrons. The minimum atomic E-state index is -4.53. The van der Waals surface area contributed by atoms with E-state index in [0.717, 1.165) is 12.1 Å². The van der Waals surface area contributed by atoms with Crippen LogP contribution in [0, 0.1) is 0 Å². The van der Waals surface area contributed by atoms with Crippen LogP contribution in [0.1, 0.15) is 52.1 Å². The highest BCUT2D eigenvalue weighted by Gasteiger charge is 2.32. The highest BCUT2D eigenvalue weighted by atomic mass is 35.5. The molecule has 0 amide bonds. The van der Waals surface area contributed by atoms with Gasteiger partial charge in [-0.3, -0.25) is 0 Å². The van der Waals surface area contributed by atoms with Crippen LogP contribution >= 0.6 is 23.2 Å². The van der Waals surface area contributed by atoms with E-state index in [4.69, 9.17) is 27.9 Å². The van der Waals surface area contributed by atoms with Gasteiger partial charge in [0, 0.05) is 21.2 Å². The van der Waals surface area contributed by atoms with E-state index in [2.05, 4.69) is 4.98 Å². The minimum absolute atomic E-state index is 0.0315. The number of hydrogen-bond acceptors (Lipinski definition) is 3. The van der Waals surface area contributed by atoms with Gasteiger partial charge in [-0.15, -0.1) is 0 Å². The molecule has 0 fully saturated rings. The Labute approximate surface area is 203 Å². The summed E-state index contributed by atoms with van der Waals surface area (Å²) in [7, 11) is 0. The first-order valence-electron chi connectivity index (χ1n) is 10.3. The molecule has 0 saturated heterocycles. The summed E-state index contributed by atoms with van der Waals surface area (Å²) in [5.74, 6) is -0.910. The number of nitrogens with zero attached hydrogens (tertiary/aromatic N) is 1. The number of carboxylic acids is 1. The summed E-state index contributed by atoms with van der Waals surface area (Å²) < 4.78 is 46.5. The van der Waals surface area contributed by atoms with E-state index in [-0.39, 0.29) is 18.1 Å². The SMILES string of the molecule is O=C(O)c1cccc(C2=C(c3cc(C(F)(F)F)ccc3OCc3ccc(Cl)cc3Cl)CCC2)n1. The van der Waals surface area contributed by atoms with Gasteiger partial charge >= 0.3 is 12.1 Å². The molecule has 0 atom stereocenters. The van der Waals surface area contributed by atoms with E-state index in [1.54, 1.807) is 30.3 Å². The average Bonchev–Trinajstić information content (AvgIpc) is 3.27. The Kier molecular flexibility index (Phi) is 6.86. The molecule has 4 nitrogen and oxygen atoms in total. The van der Waals surface area contributed by atoms with Crippen LogP contribution < -0.4 is 4.74 Å². The molecule has 0 saturated carbocycles. The number of hydrogen-bond donors (Lipinski definition) is 1. The second-order valence-corrected chi connectivity index (χ2v) is 8.60. The third-order valence-corrected chi connectivity index (χ3v) is 6.11. The Bertz CT molecular complexity index is 1290. The molecule has 0 bridgehead atoms. The smallest absolute Gasteiger partial charge is 0.416 e. The first-order valence-corrected chi connectivity index (χ1v) is 11.1. The van der Waals surface area contributed by atoms with Crippen LogP contribution in [-0.4, -0.2) is 16.1 Å². The molecule has 9 heteroatoms. The molecule has 1 N–H and O–H groups in total. The number of halogens is 5. The topological polar surface area (TPSA) is 59.4 Å². The fourth-order valence-corrected chi connectivity index (χ4v) is 4.37. The van der Waals surface area contributed by atoms with Crippen LogP contribution in [0.3, 0.4) is 0 Å². The van der Waals surface area contributed by atoms with E-state index >= 15 is 0 Å². The van der Waals surface area contributed by atoms with Gasteiger partial charge in [-0.2, -0.15) is 13.2 Å². The zero-order chi connectivity index (χ0) is 24.5. The monoisotopic (exact) mass is 507 g/mol. The van der Waals surface area contributed by atoms with Crippen molar-refractivity contribution >= 4 is 40.3 Å². The van der Waals surface area contributed by atoms with Gasteiger partial charge in [0.1, 0.15) is 18.1 Å². The molecule has 0 unspecified atom stereocenters. The quantitative estimate of drug-likeness (QED) is 0.370. The van der Waals surface area contributed by atoms with Gasteiger partial charge in [-0.05, 0) is 72.9 Å². The number of ether oxygens (including phenoxy) is 1. The van der Waals surface area contributed by atoms with E-state index in [1.165, 1.54) is 12.1 Å². The fourth-order valence-electron chi connectivity index (χ4n) is 3.91. The molecule has 4 rings (SSSR count). The molecule has 1 aliphatic carbocycles. The number of carbonyl (C=O) groups is 1. The van der Waals surface area contributed by atoms with Gasteiger partial charge in [0.15, 0.2) is 0 Å². The maximum atomic E-state index is 13.5. The number of rotatable bonds is 6. The van der Waals surface area contributed by atoms with Crippen LogP contribution in [0.25, 0.3) is 11.1 Å². The van der Waals surface area contributed by atoms with Crippen molar-refractivity contribution in [2.24, 2.45) is 0 Å². The van der Waals surface area contributed by atoms with Crippen molar-refractivity contribution in [3.63, 3.8) is 0 Å². The Hall–Kier alpha value is -3.03. The van der Waals surface area contributed by atoms with Gasteiger partial charge in [0.05, 0.1) is 11.3 Å². The molecule has 34 heavy (non-hydrogen) atoms. The van der Waals surface area contributed by atoms with E-state index in [1.807, 2.05) is 0 Å². The summed E-state index contributed by atoms with van der Waals surface area (Å²) >= 11 is 12.1. The molecular weight excluding hydrogens is 490 g/mol. The number of benzene rings is 2. The molecule has 1 heterocycles. The number of alkyl halides is 3. The lowest BCUT2D eigenvalue weighted by molar-refractivity contribution is -0.137. The second kappa shape index (κ2) is 9.68. The van der Waals surface area contributed by atoms with Crippen molar-refractivity contribution in [1.29, 1.82) is 0 Å². The van der Waals surface area contributed by atoms with Crippen molar-refractivity contribution in [3.8, 4) is 5.75 Å². The lowest BCUT2D eigenvalue weighted by Gasteiger charge is -2.17. The lowest BCUT2D eigenvalue weighted by atomic mass is 9.97. The molecule has 0 spiro atoms. The predicted molar refractivity (Wildman–Crippen MR) is 124 cm³/mol. The first-order chi connectivity index (χ1) is 16.1. The number of aromatic carboxylic acids is 1. The number of allylic oxidation sites excluding steroid dienone is 2. The summed E-state index contributed by atoms with van der Waals surface area (Å²) in [6, 6.07) is 12.8. The zero-order valence-corrected chi connectivity index (χ0v) is 19.1. The number of pyridine rings is 1. The van der Waals surface area contributed by atoms with Crippen LogP contribution in [0.2, 0.25) is 10.0 Å². The summed E-state index contributed by atoms with van der Waals surface area (Å²) in [5.41, 5.74) is 1.79. The predicted octanol–water partition coefficient (Wildman–Crippen LogP) is 7.78. The Morgan fingerprint density at radius 1 is 1.03 bits per heavy atom. The van der Waals surface area contributed by atoms with Crippen molar-refractivity contribution in [1.82, 2.24) is 4.98 Å². The van der Waals surface area contributed by atoms with Crippen molar-refractivity contribution in [2.45, 2.75) is 32.0 Å². The molecule has 3 aromatic rings. The van der Waals surface area contributed by atoms with Crippen LogP contribution in [0.5, 0.6) is 5.75 Å². The van der Waals surface area contributed by atoms with Gasteiger partial charge in [-0.25, -0.2) is 9.78 Å². The van der Waals surface area contributed by atoms with Crippen molar-refractivity contribution in [3.05, 3.63) is 92.7 Å². The Morgan fingerprint density at radius 2 is 1.79 bits per heavy atom. The molecule has 0 aliphatic heterocycles. The lowest BCUT2D eigenvalue weighted by Crippen LogP contribution is -2.07. The van der Waals surface area contributed by atoms with Gasteiger partial charge in [0.25, 0.3) is 0 Å². The zero-order valence-electron chi connectivity index (χ0n) is 17.6. The summed E-state index contributed by atoms with van der Waals surface area (Å²) in [6.07, 6.45) is -2.77. The second-order valence-electron chi connectivity index (χ2n) is 7.76. The average molecular weight is 508 g/mol. The highest BCUT2D eigenvalue weighted by molar-refractivity contribution is 6.35. The largest absolute Gasteiger partial charge is 0.488 e. The van der Waals surface area contributed by atoms with Gasteiger partial charge in [-0.1, -0.05) is 35.3 Å². The fraction of sp³-hybridized carbons (Fsp3) is 0.200. The van der Waals surface area contributed by atoms with E-state index < -0.39 is 17.7 Å². The number of carboxylic acid groups (broad SMARTS) is 1. The highest BCUT2D eigenvalue weighted by Crippen LogP contribution is 2.44. The third kappa shape index (κ3) is 5.21. The molecule has 2 aromatic carbocycles. The molecule has 176 valence electrons. The van der Waals surface area contributed by atoms with Crippen LogP contribution in [0.4, 0.5) is 13.2 Å². The molecular formula is C25H18Cl2F3NO3.